The van der Waals surface area contributed by atoms with Crippen LogP contribution in [-0.2, 0) is 29.0 Å². The lowest BCUT2D eigenvalue weighted by molar-refractivity contribution is -0.690. The summed E-state index contributed by atoms with van der Waals surface area (Å²) in [5, 5.41) is 2.89. The maximum absolute atomic E-state index is 12.6. The number of rotatable bonds is 6. The van der Waals surface area contributed by atoms with E-state index in [0.29, 0.717) is 11.3 Å². The van der Waals surface area contributed by atoms with Crippen molar-refractivity contribution in [3.05, 3.63) is 66.1 Å². The topological polar surface area (TPSA) is 73.4 Å². The number of amides is 1. The van der Waals surface area contributed by atoms with E-state index in [4.69, 9.17) is 9.47 Å². The number of hydrogen-bond donors (Lipinski definition) is 1. The number of carbonyl (C=O) groups is 2. The van der Waals surface area contributed by atoms with E-state index in [0.717, 1.165) is 42.2 Å². The zero-order valence-electron chi connectivity index (χ0n) is 17.1. The van der Waals surface area contributed by atoms with Gasteiger partial charge in [-0.05, 0) is 55.0 Å². The van der Waals surface area contributed by atoms with Crippen LogP contribution >= 0.6 is 0 Å². The highest BCUT2D eigenvalue weighted by molar-refractivity contribution is 5.92. The lowest BCUT2D eigenvalue weighted by atomic mass is 10.1. The maximum Gasteiger partial charge on any atom is 0.337 e. The summed E-state index contributed by atoms with van der Waals surface area (Å²) in [6.07, 6.45) is 4.05. The molecule has 0 saturated heterocycles. The summed E-state index contributed by atoms with van der Waals surface area (Å²) < 4.78 is 14.2. The minimum Gasteiger partial charge on any atom is -0.497 e. The number of benzene rings is 2. The van der Waals surface area contributed by atoms with Crippen LogP contribution in [-0.4, -0.2) is 30.7 Å². The van der Waals surface area contributed by atoms with Gasteiger partial charge in [-0.2, -0.15) is 0 Å². The molecule has 0 saturated carbocycles. The van der Waals surface area contributed by atoms with E-state index in [1.807, 2.05) is 35.0 Å². The van der Waals surface area contributed by atoms with E-state index in [-0.39, 0.29) is 12.5 Å². The summed E-state index contributed by atoms with van der Waals surface area (Å²) in [7, 11) is 2.99. The van der Waals surface area contributed by atoms with Crippen LogP contribution in [0.15, 0.2) is 54.7 Å². The van der Waals surface area contributed by atoms with Crippen LogP contribution < -0.4 is 14.6 Å². The molecule has 30 heavy (non-hydrogen) atoms. The molecule has 0 fully saturated rings. The predicted molar refractivity (Wildman–Crippen MR) is 111 cm³/mol. The average molecular weight is 406 g/mol. The van der Waals surface area contributed by atoms with Gasteiger partial charge in [0.05, 0.1) is 32.7 Å². The van der Waals surface area contributed by atoms with Gasteiger partial charge in [0.1, 0.15) is 11.9 Å². The fourth-order valence-electron chi connectivity index (χ4n) is 3.80. The molecule has 0 atom stereocenters. The number of carbonyl (C=O) groups excluding carboxylic acids is 2. The number of nitrogens with one attached hydrogen (secondary N) is 1. The Labute approximate surface area is 174 Å². The Morgan fingerprint density at radius 3 is 2.47 bits per heavy atom. The van der Waals surface area contributed by atoms with Crippen LogP contribution in [0.3, 0.4) is 0 Å². The first-order valence-corrected chi connectivity index (χ1v) is 9.83. The number of anilines is 1. The summed E-state index contributed by atoms with van der Waals surface area (Å²) in [6.45, 7) is 1.17. The first-order chi connectivity index (χ1) is 14.6. The predicted octanol–water partition coefficient (Wildman–Crippen LogP) is 2.82. The van der Waals surface area contributed by atoms with Gasteiger partial charge < -0.3 is 14.8 Å². The molecule has 1 aliphatic heterocycles. The number of nitrogens with zero attached hydrogens (tertiary/aromatic N) is 2. The van der Waals surface area contributed by atoms with Crippen molar-refractivity contribution < 1.29 is 23.6 Å². The van der Waals surface area contributed by atoms with E-state index in [1.165, 1.54) is 7.11 Å². The van der Waals surface area contributed by atoms with E-state index >= 15 is 0 Å². The lowest BCUT2D eigenvalue weighted by Gasteiger charge is -2.05. The van der Waals surface area contributed by atoms with Crippen molar-refractivity contribution in [2.45, 2.75) is 25.9 Å². The van der Waals surface area contributed by atoms with E-state index < -0.39 is 5.97 Å². The molecule has 1 N–H and O–H groups in total. The molecule has 3 aromatic rings. The van der Waals surface area contributed by atoms with Crippen LogP contribution in [0.25, 0.3) is 11.3 Å². The standard InChI is InChI=1S/C23H23N3O4/c1-29-19-11-7-16(8-12-19)20-14-25(22-4-3-13-26(20)22)15-21(27)24-18-9-5-17(6-10-18)23(28)30-2/h5-12,14H,3-4,13,15H2,1-2H3/p+1. The third kappa shape index (κ3) is 3.91. The molecule has 0 radical (unpaired) electrons. The van der Waals surface area contributed by atoms with Gasteiger partial charge in [0, 0.05) is 11.3 Å². The van der Waals surface area contributed by atoms with Crippen LogP contribution in [0.1, 0.15) is 22.6 Å². The number of aromatic nitrogens is 2. The molecule has 1 aromatic heterocycles. The van der Waals surface area contributed by atoms with Gasteiger partial charge >= 0.3 is 5.97 Å². The molecule has 1 aliphatic rings. The zero-order chi connectivity index (χ0) is 21.1. The average Bonchev–Trinajstić information content (AvgIpc) is 3.38. The Hall–Kier alpha value is -3.61. The molecule has 154 valence electrons. The largest absolute Gasteiger partial charge is 0.497 e. The Morgan fingerprint density at radius 2 is 1.80 bits per heavy atom. The van der Waals surface area contributed by atoms with E-state index in [2.05, 4.69) is 9.88 Å². The minimum absolute atomic E-state index is 0.118. The second-order valence-corrected chi connectivity index (χ2v) is 7.16. The van der Waals surface area contributed by atoms with E-state index in [1.54, 1.807) is 31.4 Å². The molecule has 0 unspecified atom stereocenters. The Kier molecular flexibility index (Phi) is 5.52. The maximum atomic E-state index is 12.6. The first-order valence-electron chi connectivity index (χ1n) is 9.83. The third-order valence-corrected chi connectivity index (χ3v) is 5.28. The van der Waals surface area contributed by atoms with Gasteiger partial charge in [-0.3, -0.25) is 4.79 Å². The molecule has 1 amide bonds. The van der Waals surface area contributed by atoms with Crippen molar-refractivity contribution in [2.75, 3.05) is 19.5 Å². The Bertz CT molecular complexity index is 1070. The van der Waals surface area contributed by atoms with Crippen molar-refractivity contribution in [1.82, 2.24) is 4.57 Å². The van der Waals surface area contributed by atoms with Gasteiger partial charge in [0.25, 0.3) is 11.7 Å². The molecular formula is C23H24N3O4+. The Balaban J connectivity index is 1.50. The number of hydrogen-bond acceptors (Lipinski definition) is 4. The second kappa shape index (κ2) is 8.41. The summed E-state index contributed by atoms with van der Waals surface area (Å²) in [6, 6.07) is 14.6. The van der Waals surface area contributed by atoms with Gasteiger partial charge in [-0.15, -0.1) is 0 Å². The second-order valence-electron chi connectivity index (χ2n) is 7.16. The molecule has 0 bridgehead atoms. The SMILES string of the molecule is COC(=O)c1ccc(NC(=O)C[n+]2cc(-c3ccc(OC)cc3)n3c2CCC3)cc1. The summed E-state index contributed by atoms with van der Waals surface area (Å²) in [5.74, 6) is 1.45. The fourth-order valence-corrected chi connectivity index (χ4v) is 3.80. The van der Waals surface area contributed by atoms with Gasteiger partial charge in [-0.1, -0.05) is 0 Å². The van der Waals surface area contributed by atoms with Crippen molar-refractivity contribution in [3.63, 3.8) is 0 Å². The van der Waals surface area contributed by atoms with Crippen LogP contribution in [0.2, 0.25) is 0 Å². The van der Waals surface area contributed by atoms with Crippen molar-refractivity contribution in [3.8, 4) is 17.0 Å². The van der Waals surface area contributed by atoms with Crippen LogP contribution in [0.4, 0.5) is 5.69 Å². The molecule has 0 spiro atoms. The smallest absolute Gasteiger partial charge is 0.337 e. The van der Waals surface area contributed by atoms with Crippen LogP contribution in [0.5, 0.6) is 5.75 Å². The highest BCUT2D eigenvalue weighted by atomic mass is 16.5. The number of methoxy groups -OCH3 is 2. The summed E-state index contributed by atoms with van der Waals surface area (Å²) in [4.78, 5) is 24.2. The molecule has 0 aliphatic carbocycles. The highest BCUT2D eigenvalue weighted by Gasteiger charge is 2.29. The number of ether oxygens (including phenoxy) is 2. The third-order valence-electron chi connectivity index (χ3n) is 5.28. The lowest BCUT2D eigenvalue weighted by Crippen LogP contribution is -2.42. The van der Waals surface area contributed by atoms with Gasteiger partial charge in [0.2, 0.25) is 0 Å². The molecular weight excluding hydrogens is 382 g/mol. The summed E-state index contributed by atoms with van der Waals surface area (Å²) >= 11 is 0. The monoisotopic (exact) mass is 406 g/mol. The van der Waals surface area contributed by atoms with Crippen molar-refractivity contribution in [1.29, 1.82) is 0 Å². The molecule has 2 heterocycles. The van der Waals surface area contributed by atoms with E-state index in [9.17, 15) is 9.59 Å². The Morgan fingerprint density at radius 1 is 1.07 bits per heavy atom. The minimum atomic E-state index is -0.404. The number of fused-ring (bicyclic) bond motifs is 1. The molecule has 4 rings (SSSR count). The normalized spacial score (nSPS) is 12.3. The molecule has 7 nitrogen and oxygen atoms in total. The van der Waals surface area contributed by atoms with Gasteiger partial charge in [0.15, 0.2) is 12.2 Å². The zero-order valence-corrected chi connectivity index (χ0v) is 17.1. The first kappa shape index (κ1) is 19.7. The molecule has 7 heteroatoms. The number of imidazole rings is 1. The van der Waals surface area contributed by atoms with Gasteiger partial charge in [-0.25, -0.2) is 13.9 Å². The summed E-state index contributed by atoms with van der Waals surface area (Å²) in [5.41, 5.74) is 3.27. The highest BCUT2D eigenvalue weighted by Crippen LogP contribution is 2.26. The molecule has 2 aromatic carbocycles. The van der Waals surface area contributed by atoms with Crippen LogP contribution in [0, 0.1) is 0 Å². The quantitative estimate of drug-likeness (QED) is 0.505. The van der Waals surface area contributed by atoms with Crippen molar-refractivity contribution >= 4 is 17.6 Å². The number of esters is 1. The fraction of sp³-hybridized carbons (Fsp3) is 0.261. The van der Waals surface area contributed by atoms with Crippen molar-refractivity contribution in [2.24, 2.45) is 0 Å².